The number of hydrogen-bond acceptors (Lipinski definition) is 4. The molecular weight excluding hydrogens is 396 g/mol. The van der Waals surface area contributed by atoms with E-state index in [1.54, 1.807) is 48.5 Å². The molecule has 2 amide bonds. The first-order chi connectivity index (χ1) is 13.6. The fourth-order valence-corrected chi connectivity index (χ4v) is 3.32. The number of halogens is 1. The van der Waals surface area contributed by atoms with Crippen LogP contribution in [0, 0.1) is 0 Å². The number of rotatable bonds is 6. The number of ether oxygens (including phenoxy) is 1. The molecule has 0 saturated heterocycles. The van der Waals surface area contributed by atoms with Gasteiger partial charge >= 0.3 is 0 Å². The molecule has 0 fully saturated rings. The first kappa shape index (κ1) is 19.7. The van der Waals surface area contributed by atoms with E-state index in [0.717, 1.165) is 4.88 Å². The normalized spacial score (nSPS) is 11.0. The van der Waals surface area contributed by atoms with E-state index in [1.165, 1.54) is 18.4 Å². The zero-order valence-electron chi connectivity index (χ0n) is 14.9. The van der Waals surface area contributed by atoms with Crippen molar-refractivity contribution in [1.29, 1.82) is 0 Å². The second kappa shape index (κ2) is 9.21. The smallest absolute Gasteiger partial charge is 0.272 e. The van der Waals surface area contributed by atoms with Gasteiger partial charge in [-0.05, 0) is 47.9 Å². The molecule has 2 N–H and O–H groups in total. The van der Waals surface area contributed by atoms with Crippen molar-refractivity contribution in [3.05, 3.63) is 87.2 Å². The van der Waals surface area contributed by atoms with E-state index in [2.05, 4.69) is 10.6 Å². The Morgan fingerprint density at radius 3 is 2.50 bits per heavy atom. The maximum absolute atomic E-state index is 12.8. The SMILES string of the molecule is COc1ccc(NC(=O)/C(=C/c2cccs2)NC(=O)c2ccccc2)cc1Cl. The van der Waals surface area contributed by atoms with Crippen molar-refractivity contribution < 1.29 is 14.3 Å². The molecule has 0 aliphatic heterocycles. The second-order valence-electron chi connectivity index (χ2n) is 5.70. The molecule has 3 rings (SSSR count). The Hall–Kier alpha value is -3.09. The zero-order chi connectivity index (χ0) is 19.9. The molecule has 142 valence electrons. The number of nitrogens with one attached hydrogen (secondary N) is 2. The monoisotopic (exact) mass is 412 g/mol. The van der Waals surface area contributed by atoms with Gasteiger partial charge in [-0.3, -0.25) is 9.59 Å². The minimum absolute atomic E-state index is 0.128. The highest BCUT2D eigenvalue weighted by atomic mass is 35.5. The molecule has 7 heteroatoms. The molecule has 0 radical (unpaired) electrons. The van der Waals surface area contributed by atoms with Crippen molar-refractivity contribution in [2.75, 3.05) is 12.4 Å². The van der Waals surface area contributed by atoms with Crippen LogP contribution in [0.3, 0.4) is 0 Å². The maximum Gasteiger partial charge on any atom is 0.272 e. The van der Waals surface area contributed by atoms with Gasteiger partial charge in [0, 0.05) is 16.1 Å². The first-order valence-corrected chi connectivity index (χ1v) is 9.59. The summed E-state index contributed by atoms with van der Waals surface area (Å²) in [6.07, 6.45) is 1.63. The molecule has 0 aliphatic carbocycles. The highest BCUT2D eigenvalue weighted by Crippen LogP contribution is 2.27. The Labute approximate surface area is 171 Å². The topological polar surface area (TPSA) is 67.4 Å². The van der Waals surface area contributed by atoms with Crippen LogP contribution in [0.2, 0.25) is 5.02 Å². The molecule has 0 unspecified atom stereocenters. The minimum atomic E-state index is -0.459. The van der Waals surface area contributed by atoms with E-state index in [0.29, 0.717) is 22.0 Å². The molecule has 28 heavy (non-hydrogen) atoms. The fourth-order valence-electron chi connectivity index (χ4n) is 2.40. The number of anilines is 1. The van der Waals surface area contributed by atoms with Gasteiger partial charge in [0.25, 0.3) is 11.8 Å². The summed E-state index contributed by atoms with van der Waals surface area (Å²) in [4.78, 5) is 26.2. The molecule has 2 aromatic carbocycles. The second-order valence-corrected chi connectivity index (χ2v) is 7.08. The number of methoxy groups -OCH3 is 1. The summed E-state index contributed by atoms with van der Waals surface area (Å²) in [7, 11) is 1.51. The van der Waals surface area contributed by atoms with E-state index in [4.69, 9.17) is 16.3 Å². The summed E-state index contributed by atoms with van der Waals surface area (Å²) >= 11 is 7.57. The Morgan fingerprint density at radius 2 is 1.86 bits per heavy atom. The van der Waals surface area contributed by atoms with Gasteiger partial charge in [0.1, 0.15) is 11.4 Å². The predicted molar refractivity (Wildman–Crippen MR) is 113 cm³/mol. The number of thiophene rings is 1. The standard InChI is InChI=1S/C21H17ClN2O3S/c1-27-19-10-9-15(12-17(19)22)23-21(26)18(13-16-8-5-11-28-16)24-20(25)14-6-3-2-4-7-14/h2-13H,1H3,(H,23,26)(H,24,25)/b18-13-. The Bertz CT molecular complexity index is 1000. The average molecular weight is 413 g/mol. The quantitative estimate of drug-likeness (QED) is 0.570. The summed E-state index contributed by atoms with van der Waals surface area (Å²) in [5, 5.41) is 7.70. The lowest BCUT2D eigenvalue weighted by Crippen LogP contribution is -2.30. The molecule has 5 nitrogen and oxygen atoms in total. The third-order valence-electron chi connectivity index (χ3n) is 3.77. The van der Waals surface area contributed by atoms with Gasteiger partial charge in [0.2, 0.25) is 0 Å². The van der Waals surface area contributed by atoms with Gasteiger partial charge in [0.15, 0.2) is 0 Å². The Kier molecular flexibility index (Phi) is 6.47. The highest BCUT2D eigenvalue weighted by Gasteiger charge is 2.15. The number of benzene rings is 2. The zero-order valence-corrected chi connectivity index (χ0v) is 16.5. The molecule has 0 aliphatic rings. The summed E-state index contributed by atoms with van der Waals surface area (Å²) in [5.74, 6) is -0.323. The van der Waals surface area contributed by atoms with Crippen LogP contribution in [-0.2, 0) is 4.79 Å². The number of hydrogen-bond donors (Lipinski definition) is 2. The van der Waals surface area contributed by atoms with Gasteiger partial charge in [-0.15, -0.1) is 11.3 Å². The lowest BCUT2D eigenvalue weighted by atomic mass is 10.2. The van der Waals surface area contributed by atoms with Crippen molar-refractivity contribution >= 4 is 46.5 Å². The molecule has 0 atom stereocenters. The Morgan fingerprint density at radius 1 is 1.07 bits per heavy atom. The van der Waals surface area contributed by atoms with E-state index in [9.17, 15) is 9.59 Å². The van der Waals surface area contributed by atoms with E-state index in [1.807, 2.05) is 23.6 Å². The summed E-state index contributed by atoms with van der Waals surface area (Å²) in [6.45, 7) is 0. The highest BCUT2D eigenvalue weighted by molar-refractivity contribution is 7.10. The molecule has 0 spiro atoms. The van der Waals surface area contributed by atoms with Crippen molar-refractivity contribution in [3.8, 4) is 5.75 Å². The van der Waals surface area contributed by atoms with Crippen molar-refractivity contribution in [2.45, 2.75) is 0 Å². The molecule has 0 saturated carbocycles. The lowest BCUT2D eigenvalue weighted by molar-refractivity contribution is -0.113. The van der Waals surface area contributed by atoms with Gasteiger partial charge in [0.05, 0.1) is 12.1 Å². The Balaban J connectivity index is 1.83. The van der Waals surface area contributed by atoms with Crippen molar-refractivity contribution in [1.82, 2.24) is 5.32 Å². The van der Waals surface area contributed by atoms with E-state index >= 15 is 0 Å². The molecular formula is C21H17ClN2O3S. The van der Waals surface area contributed by atoms with Gasteiger partial charge in [-0.1, -0.05) is 35.9 Å². The predicted octanol–water partition coefficient (Wildman–Crippen LogP) is 4.82. The van der Waals surface area contributed by atoms with Crippen LogP contribution in [0.25, 0.3) is 6.08 Å². The van der Waals surface area contributed by atoms with Crippen molar-refractivity contribution in [2.24, 2.45) is 0 Å². The van der Waals surface area contributed by atoms with Crippen LogP contribution in [0.5, 0.6) is 5.75 Å². The fraction of sp³-hybridized carbons (Fsp3) is 0.0476. The minimum Gasteiger partial charge on any atom is -0.495 e. The van der Waals surface area contributed by atoms with Crippen LogP contribution in [0.1, 0.15) is 15.2 Å². The van der Waals surface area contributed by atoms with Gasteiger partial charge in [-0.2, -0.15) is 0 Å². The lowest BCUT2D eigenvalue weighted by Gasteiger charge is -2.12. The van der Waals surface area contributed by atoms with Crippen LogP contribution in [-0.4, -0.2) is 18.9 Å². The van der Waals surface area contributed by atoms with Crippen LogP contribution in [0.4, 0.5) is 5.69 Å². The van der Waals surface area contributed by atoms with E-state index < -0.39 is 5.91 Å². The number of carbonyl (C=O) groups excluding carboxylic acids is 2. The molecule has 3 aromatic rings. The average Bonchev–Trinajstić information content (AvgIpc) is 3.21. The summed E-state index contributed by atoms with van der Waals surface area (Å²) in [6, 6.07) is 17.3. The van der Waals surface area contributed by atoms with E-state index in [-0.39, 0.29) is 11.6 Å². The largest absolute Gasteiger partial charge is 0.495 e. The summed E-state index contributed by atoms with van der Waals surface area (Å²) in [5.41, 5.74) is 1.07. The van der Waals surface area contributed by atoms with Crippen LogP contribution >= 0.6 is 22.9 Å². The number of carbonyl (C=O) groups is 2. The number of amides is 2. The third kappa shape index (κ3) is 5.00. The van der Waals surface area contributed by atoms with Crippen molar-refractivity contribution in [3.63, 3.8) is 0 Å². The molecule has 1 heterocycles. The maximum atomic E-state index is 12.8. The molecule has 0 bridgehead atoms. The van der Waals surface area contributed by atoms with Crippen LogP contribution < -0.4 is 15.4 Å². The van der Waals surface area contributed by atoms with Gasteiger partial charge < -0.3 is 15.4 Å². The summed E-state index contributed by atoms with van der Waals surface area (Å²) < 4.78 is 5.11. The molecule has 1 aromatic heterocycles. The first-order valence-electron chi connectivity index (χ1n) is 8.33. The van der Waals surface area contributed by atoms with Gasteiger partial charge in [-0.25, -0.2) is 0 Å². The van der Waals surface area contributed by atoms with Crippen LogP contribution in [0.15, 0.2) is 71.7 Å². The third-order valence-corrected chi connectivity index (χ3v) is 4.88.